The van der Waals surface area contributed by atoms with Crippen molar-refractivity contribution in [3.63, 3.8) is 0 Å². The minimum Gasteiger partial charge on any atom is -0.380 e. The van der Waals surface area contributed by atoms with Crippen LogP contribution in [0.2, 0.25) is 0 Å². The Labute approximate surface area is 220 Å². The number of pyridine rings is 1. The fourth-order valence-corrected chi connectivity index (χ4v) is 4.56. The van der Waals surface area contributed by atoms with Crippen molar-refractivity contribution in [2.24, 2.45) is 5.73 Å². The molecule has 4 N–H and O–H groups in total. The molecule has 0 bridgehead atoms. The summed E-state index contributed by atoms with van der Waals surface area (Å²) in [7, 11) is 3.79. The number of carbonyl (C=O) groups excluding carboxylic acids is 2. The summed E-state index contributed by atoms with van der Waals surface area (Å²) in [6.45, 7) is 1.89. The maximum atomic E-state index is 14.0. The molecule has 0 unspecified atom stereocenters. The number of nitrogens with one attached hydrogen (secondary N) is 2. The average molecular weight is 523 g/mol. The normalized spacial score (nSPS) is 14.0. The van der Waals surface area contributed by atoms with Gasteiger partial charge in [-0.25, -0.2) is 13.8 Å². The van der Waals surface area contributed by atoms with Gasteiger partial charge in [0, 0.05) is 43.1 Å². The van der Waals surface area contributed by atoms with Gasteiger partial charge in [-0.3, -0.25) is 9.59 Å². The zero-order chi connectivity index (χ0) is 27.2. The van der Waals surface area contributed by atoms with Crippen molar-refractivity contribution in [2.45, 2.75) is 25.3 Å². The van der Waals surface area contributed by atoms with Gasteiger partial charge in [-0.15, -0.1) is 0 Å². The van der Waals surface area contributed by atoms with Crippen molar-refractivity contribution < 1.29 is 18.4 Å². The van der Waals surface area contributed by atoms with Crippen molar-refractivity contribution in [1.82, 2.24) is 14.8 Å². The molecule has 0 atom stereocenters. The van der Waals surface area contributed by atoms with Crippen LogP contribution in [0.15, 0.2) is 54.7 Å². The number of piperidine rings is 1. The standard InChI is InChI=1S/C28H32F2N6O2/c1-35(2)17-26(37)36-12-10-19(11-13-36)18-6-8-21(9-7-18)34-25-14-24(22(16-33-25)28(31)38)32-15-20-4-3-5-23(29)27(20)30/h3-9,14,16,19H,10-13,15,17H2,1-2H3,(H2,31,38)(H2,32,33,34). The lowest BCUT2D eigenvalue weighted by atomic mass is 9.89. The van der Waals surface area contributed by atoms with E-state index in [4.69, 9.17) is 5.73 Å². The number of likely N-dealkylation sites (N-methyl/N-ethyl adjacent to an activating group) is 1. The number of likely N-dealkylation sites (tertiary alicyclic amines) is 1. The number of hydrogen-bond acceptors (Lipinski definition) is 6. The van der Waals surface area contributed by atoms with E-state index in [0.717, 1.165) is 37.7 Å². The number of benzene rings is 2. The van der Waals surface area contributed by atoms with Gasteiger partial charge < -0.3 is 26.2 Å². The van der Waals surface area contributed by atoms with Gasteiger partial charge in [0.1, 0.15) is 5.82 Å². The zero-order valence-corrected chi connectivity index (χ0v) is 21.5. The predicted octanol–water partition coefficient (Wildman–Crippen LogP) is 4.08. The minimum absolute atomic E-state index is 0.0401. The van der Waals surface area contributed by atoms with Crippen molar-refractivity contribution in [2.75, 3.05) is 44.4 Å². The Morgan fingerprint density at radius 2 is 1.82 bits per heavy atom. The summed E-state index contributed by atoms with van der Waals surface area (Å²) in [5.74, 6) is -1.57. The number of anilines is 3. The van der Waals surface area contributed by atoms with Crippen LogP contribution in [0.3, 0.4) is 0 Å². The Morgan fingerprint density at radius 3 is 2.47 bits per heavy atom. The fourth-order valence-electron chi connectivity index (χ4n) is 4.56. The van der Waals surface area contributed by atoms with Crippen LogP contribution in [0.1, 0.15) is 40.2 Å². The number of nitrogens with zero attached hydrogens (tertiary/aromatic N) is 3. The first-order valence-corrected chi connectivity index (χ1v) is 12.5. The summed E-state index contributed by atoms with van der Waals surface area (Å²) in [5, 5.41) is 6.17. The Balaban J connectivity index is 1.40. The Morgan fingerprint density at radius 1 is 1.11 bits per heavy atom. The van der Waals surface area contributed by atoms with E-state index in [1.165, 1.54) is 23.9 Å². The summed E-state index contributed by atoms with van der Waals surface area (Å²) in [4.78, 5) is 32.3. The summed E-state index contributed by atoms with van der Waals surface area (Å²) in [6, 6.07) is 13.6. The average Bonchev–Trinajstić information content (AvgIpc) is 2.89. The molecule has 4 rings (SSSR count). The number of hydrogen-bond donors (Lipinski definition) is 3. The van der Waals surface area contributed by atoms with Crippen LogP contribution in [-0.4, -0.2) is 60.3 Å². The van der Waals surface area contributed by atoms with E-state index in [1.807, 2.05) is 36.0 Å². The molecule has 200 valence electrons. The predicted molar refractivity (Wildman–Crippen MR) is 143 cm³/mol. The lowest BCUT2D eigenvalue weighted by Gasteiger charge is -2.33. The second-order valence-electron chi connectivity index (χ2n) is 9.69. The largest absolute Gasteiger partial charge is 0.380 e. The summed E-state index contributed by atoms with van der Waals surface area (Å²) >= 11 is 0. The molecule has 1 aliphatic rings. The molecule has 0 spiro atoms. The topological polar surface area (TPSA) is 104 Å². The van der Waals surface area contributed by atoms with Crippen LogP contribution >= 0.6 is 0 Å². The van der Waals surface area contributed by atoms with E-state index in [0.29, 0.717) is 24.0 Å². The highest BCUT2D eigenvalue weighted by Crippen LogP contribution is 2.30. The highest BCUT2D eigenvalue weighted by atomic mass is 19.2. The summed E-state index contributed by atoms with van der Waals surface area (Å²) < 4.78 is 27.6. The monoisotopic (exact) mass is 522 g/mol. The van der Waals surface area contributed by atoms with Gasteiger partial charge in [-0.05, 0) is 56.6 Å². The lowest BCUT2D eigenvalue weighted by Crippen LogP contribution is -2.42. The van der Waals surface area contributed by atoms with Crippen LogP contribution < -0.4 is 16.4 Å². The number of primary amides is 1. The van der Waals surface area contributed by atoms with Crippen molar-refractivity contribution in [3.8, 4) is 0 Å². The Hall–Kier alpha value is -4.05. The molecule has 38 heavy (non-hydrogen) atoms. The Bertz CT molecular complexity index is 1290. The molecule has 0 saturated carbocycles. The molecular formula is C28H32F2N6O2. The summed E-state index contributed by atoms with van der Waals surface area (Å²) in [6.07, 6.45) is 3.18. The van der Waals surface area contributed by atoms with E-state index in [9.17, 15) is 18.4 Å². The van der Waals surface area contributed by atoms with E-state index >= 15 is 0 Å². The molecule has 2 aromatic carbocycles. The second-order valence-corrected chi connectivity index (χ2v) is 9.69. The Kier molecular flexibility index (Phi) is 8.52. The first kappa shape index (κ1) is 27.0. The van der Waals surface area contributed by atoms with Crippen LogP contribution in [0.25, 0.3) is 0 Å². The van der Waals surface area contributed by atoms with E-state index < -0.39 is 17.5 Å². The maximum absolute atomic E-state index is 14.0. The molecule has 3 aromatic rings. The van der Waals surface area contributed by atoms with Gasteiger partial charge in [0.15, 0.2) is 11.6 Å². The quantitative estimate of drug-likeness (QED) is 0.391. The fraction of sp³-hybridized carbons (Fsp3) is 0.321. The van der Waals surface area contributed by atoms with Crippen molar-refractivity contribution in [1.29, 1.82) is 0 Å². The third-order valence-corrected chi connectivity index (χ3v) is 6.62. The molecular weight excluding hydrogens is 490 g/mol. The molecule has 2 heterocycles. The minimum atomic E-state index is -0.945. The lowest BCUT2D eigenvalue weighted by molar-refractivity contribution is -0.132. The molecule has 1 fully saturated rings. The van der Waals surface area contributed by atoms with Gasteiger partial charge in [0.05, 0.1) is 17.8 Å². The van der Waals surface area contributed by atoms with Crippen LogP contribution in [0.5, 0.6) is 0 Å². The smallest absolute Gasteiger partial charge is 0.252 e. The van der Waals surface area contributed by atoms with E-state index in [-0.39, 0.29) is 23.6 Å². The number of nitrogens with two attached hydrogens (primary N) is 1. The number of halogens is 2. The zero-order valence-electron chi connectivity index (χ0n) is 21.5. The van der Waals surface area contributed by atoms with Gasteiger partial charge >= 0.3 is 0 Å². The van der Waals surface area contributed by atoms with Crippen LogP contribution in [0, 0.1) is 11.6 Å². The molecule has 10 heteroatoms. The number of rotatable bonds is 9. The molecule has 8 nitrogen and oxygen atoms in total. The number of amides is 2. The first-order chi connectivity index (χ1) is 18.2. The highest BCUT2D eigenvalue weighted by Gasteiger charge is 2.24. The van der Waals surface area contributed by atoms with Crippen molar-refractivity contribution in [3.05, 3.63) is 83.1 Å². The highest BCUT2D eigenvalue weighted by molar-refractivity contribution is 5.98. The number of aromatic nitrogens is 1. The molecule has 0 aliphatic carbocycles. The number of carbonyl (C=O) groups is 2. The van der Waals surface area contributed by atoms with Gasteiger partial charge in [0.25, 0.3) is 5.91 Å². The maximum Gasteiger partial charge on any atom is 0.252 e. The third-order valence-electron chi connectivity index (χ3n) is 6.62. The molecule has 1 saturated heterocycles. The van der Waals surface area contributed by atoms with E-state index in [2.05, 4.69) is 27.8 Å². The van der Waals surface area contributed by atoms with Gasteiger partial charge in [0.2, 0.25) is 5.91 Å². The third kappa shape index (κ3) is 6.63. The molecule has 0 radical (unpaired) electrons. The molecule has 1 aromatic heterocycles. The molecule has 2 amide bonds. The van der Waals surface area contributed by atoms with Crippen molar-refractivity contribution >= 4 is 29.0 Å². The molecule has 1 aliphatic heterocycles. The summed E-state index contributed by atoms with van der Waals surface area (Å²) in [5.41, 5.74) is 8.10. The first-order valence-electron chi connectivity index (χ1n) is 12.5. The van der Waals surface area contributed by atoms with Gasteiger partial charge in [-0.2, -0.15) is 0 Å². The second kappa shape index (κ2) is 12.0. The van der Waals surface area contributed by atoms with E-state index in [1.54, 1.807) is 6.07 Å². The SMILES string of the molecule is CN(C)CC(=O)N1CCC(c2ccc(Nc3cc(NCc4cccc(F)c4F)c(C(N)=O)cn3)cc2)CC1. The van der Waals surface area contributed by atoms with Crippen LogP contribution in [0.4, 0.5) is 26.0 Å². The van der Waals surface area contributed by atoms with Crippen LogP contribution in [-0.2, 0) is 11.3 Å². The van der Waals surface area contributed by atoms with Gasteiger partial charge in [-0.1, -0.05) is 24.3 Å².